The number of benzene rings is 1. The number of carbonyl (C=O) groups excluding carboxylic acids is 2. The molecule has 0 bridgehead atoms. The minimum atomic E-state index is -0.415. The number of hydrogen-bond donors (Lipinski definition) is 1. The minimum absolute atomic E-state index is 0.0539. The van der Waals surface area contributed by atoms with Crippen molar-refractivity contribution in [2.75, 3.05) is 11.9 Å². The van der Waals surface area contributed by atoms with E-state index < -0.39 is 5.92 Å². The average molecular weight is 410 g/mol. The number of likely N-dealkylation sites (tertiary alicyclic amines) is 1. The first kappa shape index (κ1) is 19.2. The lowest BCUT2D eigenvalue weighted by molar-refractivity contribution is -0.128. The Morgan fingerprint density at radius 3 is 2.93 bits per heavy atom. The summed E-state index contributed by atoms with van der Waals surface area (Å²) in [7, 11) is 0. The molecule has 4 rings (SSSR count). The van der Waals surface area contributed by atoms with Gasteiger partial charge in [0.1, 0.15) is 5.82 Å². The smallest absolute Gasteiger partial charge is 0.231 e. The second-order valence-electron chi connectivity index (χ2n) is 6.92. The van der Waals surface area contributed by atoms with E-state index in [-0.39, 0.29) is 24.1 Å². The fraction of sp³-hybridized carbons (Fsp3) is 0.238. The number of nitrogens with zero attached hydrogens (tertiary/aromatic N) is 3. The zero-order valence-electron chi connectivity index (χ0n) is 15.5. The second kappa shape index (κ2) is 8.48. The van der Waals surface area contributed by atoms with Crippen molar-refractivity contribution in [2.45, 2.75) is 19.4 Å². The summed E-state index contributed by atoms with van der Waals surface area (Å²) in [5, 5.41) is 3.29. The van der Waals surface area contributed by atoms with Crippen molar-refractivity contribution in [1.82, 2.24) is 14.9 Å². The van der Waals surface area contributed by atoms with Crippen LogP contribution in [0, 0.1) is 11.7 Å². The Labute approximate surface area is 171 Å². The van der Waals surface area contributed by atoms with Gasteiger partial charge < -0.3 is 10.2 Å². The molecule has 0 radical (unpaired) electrons. The van der Waals surface area contributed by atoms with E-state index in [4.69, 9.17) is 0 Å². The summed E-state index contributed by atoms with van der Waals surface area (Å²) in [5.74, 6) is -0.959. The number of amides is 2. The first-order valence-electron chi connectivity index (χ1n) is 9.24. The molecule has 3 aromatic rings. The van der Waals surface area contributed by atoms with E-state index in [2.05, 4.69) is 15.3 Å². The van der Waals surface area contributed by atoms with Crippen LogP contribution in [-0.2, 0) is 22.6 Å². The number of carbonyl (C=O) groups is 2. The van der Waals surface area contributed by atoms with E-state index >= 15 is 0 Å². The maximum atomic E-state index is 13.3. The molecule has 2 amide bonds. The Bertz CT molecular complexity index is 1020. The molecule has 3 heterocycles. The van der Waals surface area contributed by atoms with Gasteiger partial charge in [-0.15, -0.1) is 11.3 Å². The number of nitrogens with one attached hydrogen (secondary N) is 1. The summed E-state index contributed by atoms with van der Waals surface area (Å²) in [5.41, 5.74) is 1.64. The lowest BCUT2D eigenvalue weighted by atomic mass is 10.1. The fourth-order valence-electron chi connectivity index (χ4n) is 3.29. The van der Waals surface area contributed by atoms with Crippen molar-refractivity contribution in [3.63, 3.8) is 0 Å². The van der Waals surface area contributed by atoms with Gasteiger partial charge in [-0.2, -0.15) is 0 Å². The fourth-order valence-corrected chi connectivity index (χ4v) is 4.14. The Hall–Kier alpha value is -3.13. The number of aromatic nitrogens is 2. The topological polar surface area (TPSA) is 75.2 Å². The Kier molecular flexibility index (Phi) is 5.62. The molecule has 8 heteroatoms. The monoisotopic (exact) mass is 410 g/mol. The number of thiazole rings is 1. The van der Waals surface area contributed by atoms with Crippen LogP contribution >= 0.6 is 11.3 Å². The highest BCUT2D eigenvalue weighted by atomic mass is 32.1. The zero-order chi connectivity index (χ0) is 20.2. The molecule has 6 nitrogen and oxygen atoms in total. The van der Waals surface area contributed by atoms with Gasteiger partial charge in [0.25, 0.3) is 0 Å². The molecule has 1 unspecified atom stereocenters. The lowest BCUT2D eigenvalue weighted by Crippen LogP contribution is -2.28. The molecule has 1 aliphatic heterocycles. The highest BCUT2D eigenvalue weighted by Crippen LogP contribution is 2.25. The Morgan fingerprint density at radius 2 is 2.14 bits per heavy atom. The predicted molar refractivity (Wildman–Crippen MR) is 108 cm³/mol. The van der Waals surface area contributed by atoms with Gasteiger partial charge in [0.15, 0.2) is 5.13 Å². The number of anilines is 1. The van der Waals surface area contributed by atoms with Crippen LogP contribution in [0.4, 0.5) is 9.52 Å². The van der Waals surface area contributed by atoms with Crippen LogP contribution in [0.15, 0.2) is 54.9 Å². The second-order valence-corrected chi connectivity index (χ2v) is 8.04. The van der Waals surface area contributed by atoms with Gasteiger partial charge in [-0.05, 0) is 29.8 Å². The van der Waals surface area contributed by atoms with E-state index in [1.54, 1.807) is 23.4 Å². The van der Waals surface area contributed by atoms with Crippen LogP contribution in [0.5, 0.6) is 0 Å². The molecule has 2 aromatic heterocycles. The van der Waals surface area contributed by atoms with Gasteiger partial charge in [0.05, 0.1) is 18.2 Å². The third kappa shape index (κ3) is 4.83. The number of rotatable bonds is 6. The highest BCUT2D eigenvalue weighted by molar-refractivity contribution is 7.15. The van der Waals surface area contributed by atoms with E-state index in [0.717, 1.165) is 16.1 Å². The van der Waals surface area contributed by atoms with Crippen LogP contribution < -0.4 is 5.32 Å². The third-order valence-electron chi connectivity index (χ3n) is 4.72. The first-order chi connectivity index (χ1) is 14.1. The molecule has 1 fully saturated rings. The number of halogens is 1. The Balaban J connectivity index is 1.34. The van der Waals surface area contributed by atoms with Crippen molar-refractivity contribution in [3.8, 4) is 0 Å². The zero-order valence-corrected chi connectivity index (χ0v) is 16.4. The largest absolute Gasteiger partial charge is 0.336 e. The summed E-state index contributed by atoms with van der Waals surface area (Å²) in [4.78, 5) is 35.9. The molecule has 148 valence electrons. The Morgan fingerprint density at radius 1 is 1.24 bits per heavy atom. The predicted octanol–water partition coefficient (Wildman–Crippen LogP) is 3.26. The van der Waals surface area contributed by atoms with Crippen LogP contribution in [-0.4, -0.2) is 33.2 Å². The molecule has 0 aliphatic carbocycles. The van der Waals surface area contributed by atoms with Crippen molar-refractivity contribution in [2.24, 2.45) is 5.92 Å². The molecule has 1 aromatic carbocycles. The summed E-state index contributed by atoms with van der Waals surface area (Å²) >= 11 is 1.35. The van der Waals surface area contributed by atoms with Crippen LogP contribution in [0.2, 0.25) is 0 Å². The van der Waals surface area contributed by atoms with Crippen molar-refractivity contribution >= 4 is 28.3 Å². The SMILES string of the molecule is O=C(Nc1ncc(Cc2cccc(F)c2)s1)C1CC(=O)N(Cc2ccccn2)C1. The van der Waals surface area contributed by atoms with Crippen LogP contribution in [0.3, 0.4) is 0 Å². The number of pyridine rings is 1. The average Bonchev–Trinajstić information content (AvgIpc) is 3.29. The van der Waals surface area contributed by atoms with E-state index in [9.17, 15) is 14.0 Å². The molecule has 1 atom stereocenters. The van der Waals surface area contributed by atoms with Gasteiger partial charge in [-0.25, -0.2) is 9.37 Å². The first-order valence-corrected chi connectivity index (χ1v) is 10.1. The standard InChI is InChI=1S/C21H19FN4O2S/c22-16-5-3-4-14(8-16)9-18-11-24-21(29-18)25-20(28)15-10-19(27)26(12-15)13-17-6-1-2-7-23-17/h1-8,11,15H,9-10,12-13H2,(H,24,25,28). The van der Waals surface area contributed by atoms with E-state index in [0.29, 0.717) is 24.6 Å². The minimum Gasteiger partial charge on any atom is -0.336 e. The lowest BCUT2D eigenvalue weighted by Gasteiger charge is -2.15. The van der Waals surface area contributed by atoms with Gasteiger partial charge in [0.2, 0.25) is 11.8 Å². The summed E-state index contributed by atoms with van der Waals surface area (Å²) in [6.45, 7) is 0.765. The number of hydrogen-bond acceptors (Lipinski definition) is 5. The van der Waals surface area contributed by atoms with Gasteiger partial charge in [-0.1, -0.05) is 18.2 Å². The van der Waals surface area contributed by atoms with Gasteiger partial charge in [-0.3, -0.25) is 14.6 Å². The molecule has 1 saturated heterocycles. The van der Waals surface area contributed by atoms with Crippen molar-refractivity contribution < 1.29 is 14.0 Å². The normalized spacial score (nSPS) is 16.2. The molecule has 0 spiro atoms. The van der Waals surface area contributed by atoms with E-state index in [1.807, 2.05) is 24.3 Å². The summed E-state index contributed by atoms with van der Waals surface area (Å²) in [6, 6.07) is 12.0. The summed E-state index contributed by atoms with van der Waals surface area (Å²) < 4.78 is 13.3. The van der Waals surface area contributed by atoms with Crippen LogP contribution in [0.25, 0.3) is 0 Å². The maximum absolute atomic E-state index is 13.3. The molecule has 1 N–H and O–H groups in total. The van der Waals surface area contributed by atoms with Crippen molar-refractivity contribution in [1.29, 1.82) is 0 Å². The molecule has 1 aliphatic rings. The van der Waals surface area contributed by atoms with Gasteiger partial charge in [0, 0.05) is 36.7 Å². The van der Waals surface area contributed by atoms with E-state index in [1.165, 1.54) is 23.5 Å². The molecular formula is C21H19FN4O2S. The maximum Gasteiger partial charge on any atom is 0.231 e. The quantitative estimate of drug-likeness (QED) is 0.677. The van der Waals surface area contributed by atoms with Gasteiger partial charge >= 0.3 is 0 Å². The molecular weight excluding hydrogens is 391 g/mol. The van der Waals surface area contributed by atoms with Crippen molar-refractivity contribution in [3.05, 3.63) is 76.8 Å². The highest BCUT2D eigenvalue weighted by Gasteiger charge is 2.34. The summed E-state index contributed by atoms with van der Waals surface area (Å²) in [6.07, 6.45) is 4.09. The molecule has 29 heavy (non-hydrogen) atoms. The molecule has 0 saturated carbocycles. The third-order valence-corrected chi connectivity index (χ3v) is 5.63. The van der Waals surface area contributed by atoms with Crippen LogP contribution in [0.1, 0.15) is 22.6 Å².